The van der Waals surface area contributed by atoms with E-state index in [1.54, 1.807) is 19.1 Å². The molecule has 0 aliphatic rings. The summed E-state index contributed by atoms with van der Waals surface area (Å²) in [5, 5.41) is 8.79. The van der Waals surface area contributed by atoms with Gasteiger partial charge in [0.15, 0.2) is 0 Å². The smallest absolute Gasteiger partial charge is 0.240 e. The maximum atomic E-state index is 12.1. The lowest BCUT2D eigenvalue weighted by Gasteiger charge is -2.12. The van der Waals surface area contributed by atoms with Gasteiger partial charge < -0.3 is 5.73 Å². The number of aryl methyl sites for hydroxylation is 1. The fourth-order valence-corrected chi connectivity index (χ4v) is 2.76. The van der Waals surface area contributed by atoms with E-state index in [1.165, 1.54) is 6.07 Å². The van der Waals surface area contributed by atoms with Crippen molar-refractivity contribution in [2.24, 2.45) is 5.73 Å². The quantitative estimate of drug-likeness (QED) is 0.827. The van der Waals surface area contributed by atoms with Crippen LogP contribution in [-0.2, 0) is 10.0 Å². The molecule has 1 rings (SSSR count). The van der Waals surface area contributed by atoms with Crippen LogP contribution in [-0.4, -0.2) is 21.0 Å². The number of nitrogens with two attached hydrogens (primary N) is 1. The summed E-state index contributed by atoms with van der Waals surface area (Å²) in [5.41, 5.74) is 6.60. The van der Waals surface area contributed by atoms with Crippen LogP contribution in [0.2, 0.25) is 0 Å². The first-order valence-corrected chi connectivity index (χ1v) is 7.15. The van der Waals surface area contributed by atoms with Crippen LogP contribution in [0.4, 0.5) is 0 Å². The zero-order chi connectivity index (χ0) is 13.8. The molecule has 0 aliphatic heterocycles. The van der Waals surface area contributed by atoms with Gasteiger partial charge >= 0.3 is 0 Å². The summed E-state index contributed by atoms with van der Waals surface area (Å²) >= 11 is 0. The highest BCUT2D eigenvalue weighted by Gasteiger charge is 2.17. The second-order valence-electron chi connectivity index (χ2n) is 4.11. The van der Waals surface area contributed by atoms with Crippen LogP contribution in [0.25, 0.3) is 0 Å². The number of benzene rings is 1. The summed E-state index contributed by atoms with van der Waals surface area (Å²) in [6, 6.07) is 6.29. The van der Waals surface area contributed by atoms with Crippen LogP contribution in [0, 0.1) is 18.3 Å². The Hall–Kier alpha value is -1.42. The van der Waals surface area contributed by atoms with Crippen LogP contribution in [0.15, 0.2) is 23.1 Å². The minimum absolute atomic E-state index is 0.129. The number of nitrogens with zero attached hydrogens (tertiary/aromatic N) is 1. The Labute approximate surface area is 108 Å². The number of hydrogen-bond donors (Lipinski definition) is 2. The minimum atomic E-state index is -3.61. The first-order valence-electron chi connectivity index (χ1n) is 5.66. The number of nitriles is 1. The third-order valence-electron chi connectivity index (χ3n) is 2.67. The van der Waals surface area contributed by atoms with Gasteiger partial charge in [-0.05, 0) is 31.0 Å². The Morgan fingerprint density at radius 1 is 1.50 bits per heavy atom. The average Bonchev–Trinajstić information content (AvgIpc) is 2.36. The molecule has 1 atom stereocenters. The number of nitrogens with one attached hydrogen (secondary N) is 1. The number of hydrogen-bond acceptors (Lipinski definition) is 4. The second-order valence-corrected chi connectivity index (χ2v) is 5.85. The molecule has 0 fully saturated rings. The van der Waals surface area contributed by atoms with Crippen molar-refractivity contribution in [3.63, 3.8) is 0 Å². The molecule has 18 heavy (non-hydrogen) atoms. The Bertz CT molecular complexity index is 561. The van der Waals surface area contributed by atoms with Crippen molar-refractivity contribution in [3.05, 3.63) is 29.3 Å². The molecule has 0 saturated carbocycles. The summed E-state index contributed by atoms with van der Waals surface area (Å²) in [4.78, 5) is 0.129. The Morgan fingerprint density at radius 3 is 2.72 bits per heavy atom. The predicted octanol–water partition coefficient (Wildman–Crippen LogP) is 0.882. The maximum Gasteiger partial charge on any atom is 0.240 e. The van der Waals surface area contributed by atoms with Crippen LogP contribution in [0.5, 0.6) is 0 Å². The van der Waals surface area contributed by atoms with E-state index in [0.29, 0.717) is 17.5 Å². The molecule has 98 valence electrons. The number of sulfonamides is 1. The van der Waals surface area contributed by atoms with Gasteiger partial charge in [-0.2, -0.15) is 5.26 Å². The molecule has 3 N–H and O–H groups in total. The molecule has 1 unspecified atom stereocenters. The second kappa shape index (κ2) is 5.96. The first kappa shape index (κ1) is 14.6. The zero-order valence-electron chi connectivity index (χ0n) is 10.5. The summed E-state index contributed by atoms with van der Waals surface area (Å²) in [7, 11) is -3.61. The lowest BCUT2D eigenvalue weighted by molar-refractivity contribution is 0.563. The van der Waals surface area contributed by atoms with E-state index in [9.17, 15) is 8.42 Å². The molecule has 0 bridgehead atoms. The summed E-state index contributed by atoms with van der Waals surface area (Å²) in [6.45, 7) is 3.77. The molecule has 0 radical (unpaired) electrons. The van der Waals surface area contributed by atoms with Crippen LogP contribution < -0.4 is 10.5 Å². The molecule has 0 aromatic heterocycles. The minimum Gasteiger partial charge on any atom is -0.327 e. The zero-order valence-corrected chi connectivity index (χ0v) is 11.3. The fourth-order valence-electron chi connectivity index (χ4n) is 1.40. The van der Waals surface area contributed by atoms with E-state index in [-0.39, 0.29) is 17.5 Å². The van der Waals surface area contributed by atoms with Gasteiger partial charge in [-0.25, -0.2) is 13.1 Å². The highest BCUT2D eigenvalue weighted by molar-refractivity contribution is 7.89. The monoisotopic (exact) mass is 267 g/mol. The summed E-state index contributed by atoms with van der Waals surface area (Å²) in [6.07, 6.45) is 0.694. The normalized spacial score (nSPS) is 13.0. The summed E-state index contributed by atoms with van der Waals surface area (Å²) in [5.74, 6) is 0. The highest BCUT2D eigenvalue weighted by atomic mass is 32.2. The largest absolute Gasteiger partial charge is 0.327 e. The van der Waals surface area contributed by atoms with E-state index < -0.39 is 10.0 Å². The number of rotatable bonds is 5. The van der Waals surface area contributed by atoms with Crippen LogP contribution >= 0.6 is 0 Å². The van der Waals surface area contributed by atoms with Crippen molar-refractivity contribution in [3.8, 4) is 6.07 Å². The van der Waals surface area contributed by atoms with Gasteiger partial charge in [0.1, 0.15) is 0 Å². The third-order valence-corrected chi connectivity index (χ3v) is 4.23. The van der Waals surface area contributed by atoms with Gasteiger partial charge in [-0.15, -0.1) is 0 Å². The topological polar surface area (TPSA) is 96.0 Å². The van der Waals surface area contributed by atoms with Gasteiger partial charge in [0, 0.05) is 12.6 Å². The van der Waals surface area contributed by atoms with E-state index in [2.05, 4.69) is 4.72 Å². The molecule has 0 heterocycles. The van der Waals surface area contributed by atoms with E-state index >= 15 is 0 Å². The fraction of sp³-hybridized carbons (Fsp3) is 0.417. The molecular formula is C12H17N3O2S. The van der Waals surface area contributed by atoms with Crippen molar-refractivity contribution >= 4 is 10.0 Å². The van der Waals surface area contributed by atoms with Crippen molar-refractivity contribution in [1.82, 2.24) is 4.72 Å². The van der Waals surface area contributed by atoms with Gasteiger partial charge in [0.25, 0.3) is 0 Å². The Morgan fingerprint density at radius 2 is 2.17 bits per heavy atom. The highest BCUT2D eigenvalue weighted by Crippen LogP contribution is 2.16. The average molecular weight is 267 g/mol. The Balaban J connectivity index is 3.02. The maximum absolute atomic E-state index is 12.1. The SMILES string of the molecule is CCC(N)CNS(=O)(=O)c1cc(C#N)ccc1C. The molecule has 6 heteroatoms. The van der Waals surface area contributed by atoms with Crippen molar-refractivity contribution in [2.45, 2.75) is 31.2 Å². The summed E-state index contributed by atoms with van der Waals surface area (Å²) < 4.78 is 26.6. The lowest BCUT2D eigenvalue weighted by Crippen LogP contribution is -2.36. The van der Waals surface area contributed by atoms with E-state index in [1.807, 2.05) is 13.0 Å². The predicted molar refractivity (Wildman–Crippen MR) is 69.3 cm³/mol. The van der Waals surface area contributed by atoms with Crippen molar-refractivity contribution < 1.29 is 8.42 Å². The van der Waals surface area contributed by atoms with E-state index in [0.717, 1.165) is 0 Å². The molecule has 0 spiro atoms. The van der Waals surface area contributed by atoms with E-state index in [4.69, 9.17) is 11.0 Å². The van der Waals surface area contributed by atoms with Crippen molar-refractivity contribution in [2.75, 3.05) is 6.54 Å². The standard InChI is InChI=1S/C12H17N3O2S/c1-3-11(14)8-15-18(16,17)12-6-10(7-13)5-4-9(12)2/h4-6,11,15H,3,8,14H2,1-2H3. The molecule has 5 nitrogen and oxygen atoms in total. The molecule has 0 amide bonds. The molecule has 0 aliphatic carbocycles. The van der Waals surface area contributed by atoms with Gasteiger partial charge in [-0.3, -0.25) is 0 Å². The third kappa shape index (κ3) is 3.53. The Kier molecular flexibility index (Phi) is 4.84. The van der Waals surface area contributed by atoms with Crippen LogP contribution in [0.1, 0.15) is 24.5 Å². The molecule has 0 saturated heterocycles. The first-order chi connectivity index (χ1) is 8.40. The molecular weight excluding hydrogens is 250 g/mol. The van der Waals surface area contributed by atoms with Gasteiger partial charge in [0.2, 0.25) is 10.0 Å². The van der Waals surface area contributed by atoms with Gasteiger partial charge in [-0.1, -0.05) is 13.0 Å². The molecule has 1 aromatic rings. The van der Waals surface area contributed by atoms with Crippen LogP contribution in [0.3, 0.4) is 0 Å². The van der Waals surface area contributed by atoms with Gasteiger partial charge in [0.05, 0.1) is 16.5 Å². The molecule has 1 aromatic carbocycles. The van der Waals surface area contributed by atoms with Crippen molar-refractivity contribution in [1.29, 1.82) is 5.26 Å². The lowest BCUT2D eigenvalue weighted by atomic mass is 10.2.